The van der Waals surface area contributed by atoms with Gasteiger partial charge in [0.2, 0.25) is 6.29 Å². The molecule has 168 valence electrons. The molecule has 0 radical (unpaired) electrons. The first-order valence-electron chi connectivity index (χ1n) is 10.3. The minimum Gasteiger partial charge on any atom is -0.479 e. The molecular formula is C21H31NO8. The van der Waals surface area contributed by atoms with Gasteiger partial charge in [-0.25, -0.2) is 4.79 Å². The molecule has 0 amide bonds. The van der Waals surface area contributed by atoms with Crippen molar-refractivity contribution in [2.75, 3.05) is 13.6 Å². The predicted octanol–water partition coefficient (Wildman–Crippen LogP) is -0.0442. The normalized spacial score (nSPS) is 32.4. The van der Waals surface area contributed by atoms with Crippen molar-refractivity contribution in [1.82, 2.24) is 5.32 Å². The van der Waals surface area contributed by atoms with E-state index in [0.29, 0.717) is 12.3 Å². The van der Waals surface area contributed by atoms with Crippen molar-refractivity contribution in [3.63, 3.8) is 0 Å². The number of carboxylic acids is 1. The van der Waals surface area contributed by atoms with Crippen LogP contribution in [0.4, 0.5) is 0 Å². The zero-order valence-electron chi connectivity index (χ0n) is 17.0. The fraction of sp³-hybridized carbons (Fsp3) is 0.667. The van der Waals surface area contributed by atoms with Crippen molar-refractivity contribution < 1.29 is 39.8 Å². The molecule has 2 fully saturated rings. The minimum absolute atomic E-state index is 0.0956. The van der Waals surface area contributed by atoms with Crippen LogP contribution in [0.2, 0.25) is 0 Å². The third-order valence-electron chi connectivity index (χ3n) is 6.12. The number of nitrogens with one attached hydrogen (secondary N) is 1. The quantitative estimate of drug-likeness (QED) is 0.354. The van der Waals surface area contributed by atoms with Gasteiger partial charge < -0.3 is 40.3 Å². The van der Waals surface area contributed by atoms with Gasteiger partial charge in [-0.05, 0) is 37.6 Å². The number of aliphatic hydroxyl groups excluding tert-OH is 3. The standard InChI is InChI=1S/C21H31NO8/c1-22-11-14(21(28)9-3-2-4-10-21)12-5-7-13(8-6-12)29-20-17(25)15(23)16(24)18(30-20)19(26)27/h5-8,14-18,20,22-25,28H,2-4,9-11H2,1H3,(H,26,27)/t14-,15?,16+,17?,18?,20-/m1/s1. The Hall–Kier alpha value is -1.75. The molecule has 1 saturated carbocycles. The lowest BCUT2D eigenvalue weighted by atomic mass is 9.73. The van der Waals surface area contributed by atoms with Crippen LogP contribution in [0.3, 0.4) is 0 Å². The average molecular weight is 425 g/mol. The summed E-state index contributed by atoms with van der Waals surface area (Å²) in [6.45, 7) is 0.617. The van der Waals surface area contributed by atoms with E-state index in [0.717, 1.165) is 37.7 Å². The summed E-state index contributed by atoms with van der Waals surface area (Å²) < 4.78 is 10.7. The van der Waals surface area contributed by atoms with Crippen LogP contribution < -0.4 is 10.1 Å². The Bertz CT molecular complexity index is 705. The van der Waals surface area contributed by atoms with E-state index in [4.69, 9.17) is 14.6 Å². The van der Waals surface area contributed by atoms with Crippen molar-refractivity contribution in [3.8, 4) is 5.75 Å². The Labute approximate surface area is 175 Å². The Balaban J connectivity index is 1.73. The summed E-state index contributed by atoms with van der Waals surface area (Å²) in [5.74, 6) is -1.26. The molecule has 3 rings (SSSR count). The number of likely N-dealkylation sites (N-methyl/N-ethyl adjacent to an activating group) is 1. The van der Waals surface area contributed by atoms with Gasteiger partial charge in [-0.1, -0.05) is 31.4 Å². The van der Waals surface area contributed by atoms with Crippen molar-refractivity contribution in [3.05, 3.63) is 29.8 Å². The molecule has 1 aromatic rings. The highest BCUT2D eigenvalue weighted by Crippen LogP contribution is 2.40. The Morgan fingerprint density at radius 3 is 2.33 bits per heavy atom. The molecule has 0 spiro atoms. The highest BCUT2D eigenvalue weighted by Gasteiger charge is 2.48. The second-order valence-corrected chi connectivity index (χ2v) is 8.20. The van der Waals surface area contributed by atoms with Crippen molar-refractivity contribution in [2.45, 2.75) is 74.3 Å². The van der Waals surface area contributed by atoms with Crippen LogP contribution in [0.5, 0.6) is 5.75 Å². The van der Waals surface area contributed by atoms with E-state index in [2.05, 4.69) is 5.32 Å². The third-order valence-corrected chi connectivity index (χ3v) is 6.12. The number of hydrogen-bond acceptors (Lipinski definition) is 8. The number of carboxylic acid groups (broad SMARTS) is 1. The lowest BCUT2D eigenvalue weighted by Crippen LogP contribution is -2.61. The number of aliphatic carboxylic acids is 1. The molecule has 1 heterocycles. The van der Waals surface area contributed by atoms with Gasteiger partial charge in [-0.2, -0.15) is 0 Å². The zero-order valence-corrected chi connectivity index (χ0v) is 17.0. The molecule has 1 saturated heterocycles. The maximum absolute atomic E-state index is 11.2. The summed E-state index contributed by atoms with van der Waals surface area (Å²) in [5, 5.41) is 53.2. The summed E-state index contributed by atoms with van der Waals surface area (Å²) in [6.07, 6.45) is -3.66. The Kier molecular flexibility index (Phi) is 7.33. The highest BCUT2D eigenvalue weighted by molar-refractivity contribution is 5.73. The summed E-state index contributed by atoms with van der Waals surface area (Å²) in [6, 6.07) is 6.93. The largest absolute Gasteiger partial charge is 0.479 e. The summed E-state index contributed by atoms with van der Waals surface area (Å²) in [5.41, 5.74) is 0.159. The van der Waals surface area contributed by atoms with Crippen LogP contribution in [0.25, 0.3) is 0 Å². The summed E-state index contributed by atoms with van der Waals surface area (Å²) >= 11 is 0. The van der Waals surface area contributed by atoms with Gasteiger partial charge in [0, 0.05) is 12.5 Å². The first kappa shape index (κ1) is 22.9. The van der Waals surface area contributed by atoms with E-state index in [1.807, 2.05) is 19.2 Å². The summed E-state index contributed by atoms with van der Waals surface area (Å²) in [7, 11) is 1.84. The molecule has 1 aliphatic heterocycles. The number of carbonyl (C=O) groups is 1. The minimum atomic E-state index is -1.77. The third kappa shape index (κ3) is 4.77. The molecule has 30 heavy (non-hydrogen) atoms. The van der Waals surface area contributed by atoms with E-state index in [9.17, 15) is 25.2 Å². The monoisotopic (exact) mass is 425 g/mol. The number of ether oxygens (including phenoxy) is 2. The van der Waals surface area contributed by atoms with Crippen LogP contribution >= 0.6 is 0 Å². The molecule has 3 unspecified atom stereocenters. The molecule has 6 atom stereocenters. The predicted molar refractivity (Wildman–Crippen MR) is 106 cm³/mol. The topological polar surface area (TPSA) is 149 Å². The Morgan fingerprint density at radius 1 is 1.13 bits per heavy atom. The van der Waals surface area contributed by atoms with Gasteiger partial charge in [0.25, 0.3) is 0 Å². The Morgan fingerprint density at radius 2 is 1.77 bits per heavy atom. The molecule has 1 aromatic carbocycles. The van der Waals surface area contributed by atoms with Gasteiger partial charge >= 0.3 is 5.97 Å². The van der Waals surface area contributed by atoms with Crippen molar-refractivity contribution in [2.24, 2.45) is 0 Å². The maximum Gasteiger partial charge on any atom is 0.335 e. The second-order valence-electron chi connectivity index (χ2n) is 8.20. The van der Waals surface area contributed by atoms with Crippen LogP contribution in [-0.2, 0) is 9.53 Å². The smallest absolute Gasteiger partial charge is 0.335 e. The van der Waals surface area contributed by atoms with E-state index >= 15 is 0 Å². The fourth-order valence-electron chi connectivity index (χ4n) is 4.40. The van der Waals surface area contributed by atoms with E-state index in [1.54, 1.807) is 12.1 Å². The molecule has 1 aliphatic carbocycles. The maximum atomic E-state index is 11.2. The molecule has 6 N–H and O–H groups in total. The molecule has 2 aliphatic rings. The lowest BCUT2D eigenvalue weighted by molar-refractivity contribution is -0.271. The zero-order chi connectivity index (χ0) is 21.9. The van der Waals surface area contributed by atoms with Crippen LogP contribution in [0, 0.1) is 0 Å². The molecule has 9 nitrogen and oxygen atoms in total. The van der Waals surface area contributed by atoms with Crippen LogP contribution in [0.15, 0.2) is 24.3 Å². The first-order valence-corrected chi connectivity index (χ1v) is 10.3. The molecule has 9 heteroatoms. The number of aliphatic hydroxyl groups is 4. The first-order chi connectivity index (χ1) is 14.3. The van der Waals surface area contributed by atoms with Crippen molar-refractivity contribution >= 4 is 5.97 Å². The lowest BCUT2D eigenvalue weighted by Gasteiger charge is -2.40. The highest BCUT2D eigenvalue weighted by atomic mass is 16.7. The van der Waals surface area contributed by atoms with Gasteiger partial charge in [-0.15, -0.1) is 0 Å². The fourth-order valence-corrected chi connectivity index (χ4v) is 4.40. The van der Waals surface area contributed by atoms with E-state index < -0.39 is 42.3 Å². The van der Waals surface area contributed by atoms with Gasteiger partial charge in [0.15, 0.2) is 6.10 Å². The molecule has 0 aromatic heterocycles. The van der Waals surface area contributed by atoms with Crippen LogP contribution in [0.1, 0.15) is 43.6 Å². The SMILES string of the molecule is CNC[C@H](c1ccc(O[C@@H]2OC(C(=O)O)[C@@H](O)C(O)C2O)cc1)C1(O)CCCCC1. The van der Waals surface area contributed by atoms with E-state index in [1.165, 1.54) is 0 Å². The summed E-state index contributed by atoms with van der Waals surface area (Å²) in [4.78, 5) is 11.2. The average Bonchev–Trinajstić information content (AvgIpc) is 2.73. The number of rotatable bonds is 7. The van der Waals surface area contributed by atoms with Gasteiger partial charge in [-0.3, -0.25) is 0 Å². The van der Waals surface area contributed by atoms with Gasteiger partial charge in [0.1, 0.15) is 24.1 Å². The number of hydrogen-bond donors (Lipinski definition) is 6. The second kappa shape index (κ2) is 9.59. The number of benzene rings is 1. The van der Waals surface area contributed by atoms with E-state index in [-0.39, 0.29) is 5.92 Å². The van der Waals surface area contributed by atoms with Crippen molar-refractivity contribution in [1.29, 1.82) is 0 Å². The van der Waals surface area contributed by atoms with Crippen LogP contribution in [-0.4, -0.2) is 81.4 Å². The molecule has 0 bridgehead atoms. The molecular weight excluding hydrogens is 394 g/mol. The van der Waals surface area contributed by atoms with Gasteiger partial charge in [0.05, 0.1) is 5.60 Å².